The van der Waals surface area contributed by atoms with Crippen LogP contribution in [0.1, 0.15) is 15.6 Å². The highest BCUT2D eigenvalue weighted by atomic mass is 32.1. The van der Waals surface area contributed by atoms with Crippen LogP contribution in [-0.2, 0) is 17.1 Å². The van der Waals surface area contributed by atoms with Crippen LogP contribution in [0.2, 0.25) is 0 Å². The highest BCUT2D eigenvalue weighted by molar-refractivity contribution is 7.79. The molecule has 0 radical (unpaired) electrons. The van der Waals surface area contributed by atoms with E-state index in [1.165, 1.54) is 4.88 Å². The van der Waals surface area contributed by atoms with Gasteiger partial charge in [0.25, 0.3) is 0 Å². The summed E-state index contributed by atoms with van der Waals surface area (Å²) in [6, 6.07) is 0. The Morgan fingerprint density at radius 1 is 1.64 bits per heavy atom. The third kappa shape index (κ3) is 2.18. The highest BCUT2D eigenvalue weighted by Gasteiger charge is 2.05. The Labute approximate surface area is 76.0 Å². The average Bonchev–Trinajstić information content (AvgIpc) is 2.32. The van der Waals surface area contributed by atoms with Crippen molar-refractivity contribution >= 4 is 24.0 Å². The van der Waals surface area contributed by atoms with Crippen LogP contribution in [-0.4, -0.2) is 12.1 Å². The van der Waals surface area contributed by atoms with Crippen molar-refractivity contribution in [2.24, 2.45) is 0 Å². The number of hydrogen-bond acceptors (Lipinski definition) is 4. The number of methoxy groups -OCH3 is 1. The van der Waals surface area contributed by atoms with Crippen molar-refractivity contribution in [1.29, 1.82) is 0 Å². The Balaban J connectivity index is 2.83. The molecular weight excluding hydrogens is 178 g/mol. The van der Waals surface area contributed by atoms with E-state index in [1.54, 1.807) is 18.4 Å². The summed E-state index contributed by atoms with van der Waals surface area (Å²) in [4.78, 5) is 5.53. The molecular formula is C7H11NOS2. The van der Waals surface area contributed by atoms with Crippen molar-refractivity contribution in [1.82, 2.24) is 4.98 Å². The summed E-state index contributed by atoms with van der Waals surface area (Å²) in [5.41, 5.74) is 1.03. The first-order valence-electron chi connectivity index (χ1n) is 3.33. The maximum Gasteiger partial charge on any atom is 0.0901 e. The van der Waals surface area contributed by atoms with Gasteiger partial charge in [-0.25, -0.2) is 4.98 Å². The van der Waals surface area contributed by atoms with Gasteiger partial charge in [0, 0.05) is 17.7 Å². The van der Waals surface area contributed by atoms with Crippen LogP contribution in [0.15, 0.2) is 0 Å². The fourth-order valence-corrected chi connectivity index (χ4v) is 2.06. The second kappa shape index (κ2) is 4.09. The molecule has 0 unspecified atom stereocenters. The second-order valence-electron chi connectivity index (χ2n) is 2.19. The molecule has 0 bridgehead atoms. The molecule has 0 aliphatic rings. The monoisotopic (exact) mass is 189 g/mol. The molecule has 0 spiro atoms. The van der Waals surface area contributed by atoms with Crippen molar-refractivity contribution in [2.75, 3.05) is 7.11 Å². The molecule has 0 saturated heterocycles. The molecule has 0 aliphatic heterocycles. The molecule has 0 aromatic carbocycles. The van der Waals surface area contributed by atoms with E-state index in [1.807, 2.05) is 6.92 Å². The predicted octanol–water partition coefficient (Wildman–Crippen LogP) is 2.03. The lowest BCUT2D eigenvalue weighted by Crippen LogP contribution is -1.91. The van der Waals surface area contributed by atoms with Crippen molar-refractivity contribution in [3.8, 4) is 0 Å². The molecule has 1 rings (SSSR count). The smallest absolute Gasteiger partial charge is 0.0901 e. The van der Waals surface area contributed by atoms with Crippen LogP contribution in [0.4, 0.5) is 0 Å². The van der Waals surface area contributed by atoms with E-state index in [2.05, 4.69) is 17.6 Å². The summed E-state index contributed by atoms with van der Waals surface area (Å²) in [6.45, 7) is 2.59. The third-order valence-corrected chi connectivity index (χ3v) is 2.85. The number of aryl methyl sites for hydroxylation is 1. The van der Waals surface area contributed by atoms with Crippen molar-refractivity contribution < 1.29 is 4.74 Å². The molecule has 62 valence electrons. The first kappa shape index (κ1) is 9.03. The van der Waals surface area contributed by atoms with E-state index in [-0.39, 0.29) is 0 Å². The van der Waals surface area contributed by atoms with E-state index in [0.717, 1.165) is 16.5 Å². The molecule has 4 heteroatoms. The molecule has 11 heavy (non-hydrogen) atoms. The van der Waals surface area contributed by atoms with E-state index >= 15 is 0 Å². The fourth-order valence-electron chi connectivity index (χ4n) is 0.885. The Morgan fingerprint density at radius 2 is 2.36 bits per heavy atom. The zero-order valence-electron chi connectivity index (χ0n) is 6.63. The van der Waals surface area contributed by atoms with Crippen LogP contribution >= 0.6 is 24.0 Å². The molecule has 0 saturated carbocycles. The molecule has 0 N–H and O–H groups in total. The Hall–Kier alpha value is -0.0600. The van der Waals surface area contributed by atoms with Gasteiger partial charge in [-0.3, -0.25) is 0 Å². The van der Waals surface area contributed by atoms with Gasteiger partial charge in [0.05, 0.1) is 17.3 Å². The fraction of sp³-hybridized carbons (Fsp3) is 0.571. The summed E-state index contributed by atoms with van der Waals surface area (Å²) in [5, 5.41) is 1.08. The summed E-state index contributed by atoms with van der Waals surface area (Å²) < 4.78 is 4.99. The van der Waals surface area contributed by atoms with E-state index in [4.69, 9.17) is 4.74 Å². The topological polar surface area (TPSA) is 22.1 Å². The first-order valence-corrected chi connectivity index (χ1v) is 4.77. The molecule has 1 aromatic heterocycles. The number of thiazole rings is 1. The largest absolute Gasteiger partial charge is 0.378 e. The Kier molecular flexibility index (Phi) is 3.36. The SMILES string of the molecule is COCc1nc(C)sc1CS. The van der Waals surface area contributed by atoms with E-state index in [0.29, 0.717) is 6.61 Å². The zero-order valence-corrected chi connectivity index (χ0v) is 8.34. The second-order valence-corrected chi connectivity index (χ2v) is 3.80. The maximum absolute atomic E-state index is 4.99. The number of hydrogen-bond donors (Lipinski definition) is 1. The molecule has 0 amide bonds. The number of nitrogens with zero attached hydrogens (tertiary/aromatic N) is 1. The minimum Gasteiger partial charge on any atom is -0.378 e. The summed E-state index contributed by atoms with van der Waals surface area (Å²) >= 11 is 5.89. The van der Waals surface area contributed by atoms with Gasteiger partial charge < -0.3 is 4.74 Å². The van der Waals surface area contributed by atoms with E-state index in [9.17, 15) is 0 Å². The maximum atomic E-state index is 4.99. The van der Waals surface area contributed by atoms with Crippen LogP contribution < -0.4 is 0 Å². The minimum absolute atomic E-state index is 0.597. The van der Waals surface area contributed by atoms with Crippen molar-refractivity contribution in [2.45, 2.75) is 19.3 Å². The molecule has 1 aromatic rings. The van der Waals surface area contributed by atoms with Gasteiger partial charge in [-0.2, -0.15) is 12.6 Å². The zero-order chi connectivity index (χ0) is 8.27. The highest BCUT2D eigenvalue weighted by Crippen LogP contribution is 2.20. The van der Waals surface area contributed by atoms with Gasteiger partial charge in [0.2, 0.25) is 0 Å². The lowest BCUT2D eigenvalue weighted by molar-refractivity contribution is 0.181. The van der Waals surface area contributed by atoms with Gasteiger partial charge in [0.1, 0.15) is 0 Å². The lowest BCUT2D eigenvalue weighted by atomic mass is 10.4. The number of thiol groups is 1. The van der Waals surface area contributed by atoms with Gasteiger partial charge in [-0.15, -0.1) is 11.3 Å². The minimum atomic E-state index is 0.597. The van der Waals surface area contributed by atoms with Crippen LogP contribution in [0.5, 0.6) is 0 Å². The summed E-state index contributed by atoms with van der Waals surface area (Å²) in [6.07, 6.45) is 0. The van der Waals surface area contributed by atoms with Crippen molar-refractivity contribution in [3.05, 3.63) is 15.6 Å². The number of ether oxygens (including phenoxy) is 1. The number of aromatic nitrogens is 1. The van der Waals surface area contributed by atoms with Gasteiger partial charge in [-0.05, 0) is 6.92 Å². The van der Waals surface area contributed by atoms with Crippen LogP contribution in [0.25, 0.3) is 0 Å². The number of rotatable bonds is 3. The Morgan fingerprint density at radius 3 is 2.91 bits per heavy atom. The van der Waals surface area contributed by atoms with Crippen LogP contribution in [0, 0.1) is 6.92 Å². The third-order valence-electron chi connectivity index (χ3n) is 1.31. The summed E-state index contributed by atoms with van der Waals surface area (Å²) in [7, 11) is 1.68. The molecule has 0 fully saturated rings. The lowest BCUT2D eigenvalue weighted by Gasteiger charge is -1.95. The summed E-state index contributed by atoms with van der Waals surface area (Å²) in [5.74, 6) is 0.754. The molecule has 0 atom stereocenters. The van der Waals surface area contributed by atoms with Crippen molar-refractivity contribution in [3.63, 3.8) is 0 Å². The standard InChI is InChI=1S/C7H11NOS2/c1-5-8-6(3-9-2)7(4-10)11-5/h10H,3-4H2,1-2H3. The Bertz CT molecular complexity index is 234. The quantitative estimate of drug-likeness (QED) is 0.735. The molecule has 1 heterocycles. The van der Waals surface area contributed by atoms with Gasteiger partial charge in [0.15, 0.2) is 0 Å². The normalized spacial score (nSPS) is 10.5. The van der Waals surface area contributed by atoms with Gasteiger partial charge >= 0.3 is 0 Å². The van der Waals surface area contributed by atoms with E-state index < -0.39 is 0 Å². The first-order chi connectivity index (χ1) is 5.27. The predicted molar refractivity (Wildman–Crippen MR) is 50.3 cm³/mol. The average molecular weight is 189 g/mol. The van der Waals surface area contributed by atoms with Crippen LogP contribution in [0.3, 0.4) is 0 Å². The van der Waals surface area contributed by atoms with Gasteiger partial charge in [-0.1, -0.05) is 0 Å². The molecule has 0 aliphatic carbocycles. The molecule has 2 nitrogen and oxygen atoms in total.